The molecule has 0 radical (unpaired) electrons. The second-order valence-corrected chi connectivity index (χ2v) is 4.87. The first-order chi connectivity index (χ1) is 8.11. The van der Waals surface area contributed by atoms with Crippen molar-refractivity contribution in [3.63, 3.8) is 0 Å². The van der Waals surface area contributed by atoms with Crippen LogP contribution in [-0.4, -0.2) is 34.8 Å². The van der Waals surface area contributed by atoms with E-state index < -0.39 is 0 Å². The number of amides is 1. The van der Waals surface area contributed by atoms with Crippen molar-refractivity contribution >= 4 is 17.5 Å². The molecule has 5 heteroatoms. The summed E-state index contributed by atoms with van der Waals surface area (Å²) in [5.41, 5.74) is 0.667. The van der Waals surface area contributed by atoms with Crippen LogP contribution in [-0.2, 0) is 0 Å². The Morgan fingerprint density at radius 2 is 2.35 bits per heavy atom. The summed E-state index contributed by atoms with van der Waals surface area (Å²) in [5, 5.41) is 0. The zero-order chi connectivity index (χ0) is 12.4. The highest BCUT2D eigenvalue weighted by Crippen LogP contribution is 2.21. The SMILES string of the molecule is Cc1nc(C)c(C(=O)N2CCCC(CCl)C2)o1. The Kier molecular flexibility index (Phi) is 3.72. The largest absolute Gasteiger partial charge is 0.436 e. The maximum atomic E-state index is 12.2. The first-order valence-electron chi connectivity index (χ1n) is 5.91. The molecule has 1 aliphatic rings. The fourth-order valence-corrected chi connectivity index (χ4v) is 2.50. The lowest BCUT2D eigenvalue weighted by atomic mass is 10.00. The van der Waals surface area contributed by atoms with Gasteiger partial charge in [0.2, 0.25) is 5.76 Å². The van der Waals surface area contributed by atoms with Gasteiger partial charge in [0.05, 0.1) is 5.69 Å². The van der Waals surface area contributed by atoms with Crippen LogP contribution in [0.25, 0.3) is 0 Å². The summed E-state index contributed by atoms with van der Waals surface area (Å²) in [4.78, 5) is 18.2. The number of rotatable bonds is 2. The topological polar surface area (TPSA) is 46.3 Å². The Balaban J connectivity index is 2.12. The van der Waals surface area contributed by atoms with Crippen molar-refractivity contribution in [2.75, 3.05) is 19.0 Å². The van der Waals surface area contributed by atoms with Crippen LogP contribution in [0.5, 0.6) is 0 Å². The molecule has 2 heterocycles. The van der Waals surface area contributed by atoms with Crippen molar-refractivity contribution in [2.45, 2.75) is 26.7 Å². The molecule has 1 fully saturated rings. The Hall–Kier alpha value is -1.03. The van der Waals surface area contributed by atoms with Gasteiger partial charge in [0.1, 0.15) is 0 Å². The number of hydrogen-bond donors (Lipinski definition) is 0. The second kappa shape index (κ2) is 5.08. The molecule has 2 rings (SSSR count). The molecule has 1 saturated heterocycles. The molecule has 17 heavy (non-hydrogen) atoms. The molecule has 0 N–H and O–H groups in total. The Labute approximate surface area is 106 Å². The average molecular weight is 257 g/mol. The number of alkyl halides is 1. The highest BCUT2D eigenvalue weighted by atomic mass is 35.5. The molecule has 0 spiro atoms. The van der Waals surface area contributed by atoms with Gasteiger partial charge >= 0.3 is 0 Å². The van der Waals surface area contributed by atoms with E-state index in [4.69, 9.17) is 16.0 Å². The maximum Gasteiger partial charge on any atom is 0.291 e. The normalized spacial score (nSPS) is 20.6. The van der Waals surface area contributed by atoms with E-state index in [9.17, 15) is 4.79 Å². The number of aryl methyl sites for hydroxylation is 2. The van der Waals surface area contributed by atoms with E-state index in [2.05, 4.69) is 4.98 Å². The van der Waals surface area contributed by atoms with Gasteiger partial charge in [-0.2, -0.15) is 0 Å². The highest BCUT2D eigenvalue weighted by molar-refractivity contribution is 6.18. The van der Waals surface area contributed by atoms with Crippen LogP contribution in [0.3, 0.4) is 0 Å². The summed E-state index contributed by atoms with van der Waals surface area (Å²) in [6, 6.07) is 0. The van der Waals surface area contributed by atoms with E-state index in [0.29, 0.717) is 29.1 Å². The zero-order valence-corrected chi connectivity index (χ0v) is 11.0. The Bertz CT molecular complexity index is 417. The summed E-state index contributed by atoms with van der Waals surface area (Å²) in [7, 11) is 0. The number of hydrogen-bond acceptors (Lipinski definition) is 3. The minimum Gasteiger partial charge on any atom is -0.436 e. The first-order valence-corrected chi connectivity index (χ1v) is 6.44. The standard InChI is InChI=1S/C12H17ClN2O2/c1-8-11(17-9(2)14-8)12(16)15-5-3-4-10(6-13)7-15/h10H,3-7H2,1-2H3. The van der Waals surface area contributed by atoms with Gasteiger partial charge < -0.3 is 9.32 Å². The Morgan fingerprint density at radius 1 is 1.59 bits per heavy atom. The van der Waals surface area contributed by atoms with Gasteiger partial charge in [0.25, 0.3) is 5.91 Å². The van der Waals surface area contributed by atoms with Crippen LogP contribution < -0.4 is 0 Å². The molecule has 1 aliphatic heterocycles. The lowest BCUT2D eigenvalue weighted by Crippen LogP contribution is -2.40. The number of aromatic nitrogens is 1. The van der Waals surface area contributed by atoms with E-state index in [1.165, 1.54) is 0 Å². The van der Waals surface area contributed by atoms with E-state index in [0.717, 1.165) is 25.9 Å². The van der Waals surface area contributed by atoms with Gasteiger partial charge in [-0.25, -0.2) is 4.98 Å². The van der Waals surface area contributed by atoms with Crippen molar-refractivity contribution in [3.05, 3.63) is 17.3 Å². The van der Waals surface area contributed by atoms with Gasteiger partial charge in [-0.05, 0) is 25.7 Å². The van der Waals surface area contributed by atoms with Crippen LogP contribution in [0.2, 0.25) is 0 Å². The van der Waals surface area contributed by atoms with E-state index in [1.54, 1.807) is 13.8 Å². The average Bonchev–Trinajstić information content (AvgIpc) is 2.67. The fraction of sp³-hybridized carbons (Fsp3) is 0.667. The Morgan fingerprint density at radius 3 is 2.94 bits per heavy atom. The first kappa shape index (κ1) is 12.4. The third-order valence-corrected chi connectivity index (χ3v) is 3.56. The summed E-state index contributed by atoms with van der Waals surface area (Å²) in [5.74, 6) is 1.86. The molecule has 1 aromatic rings. The maximum absolute atomic E-state index is 12.2. The number of likely N-dealkylation sites (tertiary alicyclic amines) is 1. The molecule has 1 unspecified atom stereocenters. The summed E-state index contributed by atoms with van der Waals surface area (Å²) in [6.45, 7) is 5.06. The van der Waals surface area contributed by atoms with Gasteiger partial charge in [-0.3, -0.25) is 4.79 Å². The highest BCUT2D eigenvalue weighted by Gasteiger charge is 2.27. The smallest absolute Gasteiger partial charge is 0.291 e. The predicted octanol–water partition coefficient (Wildman–Crippen LogP) is 2.38. The summed E-state index contributed by atoms with van der Waals surface area (Å²) >= 11 is 5.86. The summed E-state index contributed by atoms with van der Waals surface area (Å²) < 4.78 is 5.36. The number of nitrogens with zero attached hydrogens (tertiary/aromatic N) is 2. The van der Waals surface area contributed by atoms with Crippen LogP contribution in [0.4, 0.5) is 0 Å². The minimum atomic E-state index is -0.0575. The molecule has 0 bridgehead atoms. The third-order valence-electron chi connectivity index (χ3n) is 3.12. The van der Waals surface area contributed by atoms with E-state index in [-0.39, 0.29) is 5.91 Å². The lowest BCUT2D eigenvalue weighted by molar-refractivity contribution is 0.0650. The molecule has 1 atom stereocenters. The lowest BCUT2D eigenvalue weighted by Gasteiger charge is -2.31. The summed E-state index contributed by atoms with van der Waals surface area (Å²) in [6.07, 6.45) is 2.11. The van der Waals surface area contributed by atoms with Crippen molar-refractivity contribution < 1.29 is 9.21 Å². The minimum absolute atomic E-state index is 0.0575. The van der Waals surface area contributed by atoms with Crippen LogP contribution in [0.1, 0.15) is 35.0 Å². The number of halogens is 1. The van der Waals surface area contributed by atoms with Crippen LogP contribution >= 0.6 is 11.6 Å². The number of carbonyl (C=O) groups excluding carboxylic acids is 1. The van der Waals surface area contributed by atoms with Crippen molar-refractivity contribution in [1.29, 1.82) is 0 Å². The van der Waals surface area contributed by atoms with Crippen molar-refractivity contribution in [3.8, 4) is 0 Å². The molecule has 0 saturated carbocycles. The van der Waals surface area contributed by atoms with Gasteiger partial charge in [-0.1, -0.05) is 0 Å². The van der Waals surface area contributed by atoms with E-state index in [1.807, 2.05) is 4.90 Å². The molecule has 1 amide bonds. The molecule has 0 aliphatic carbocycles. The molecular weight excluding hydrogens is 240 g/mol. The molecule has 94 valence electrons. The predicted molar refractivity (Wildman–Crippen MR) is 65.3 cm³/mol. The van der Waals surface area contributed by atoms with Gasteiger partial charge in [0, 0.05) is 25.9 Å². The van der Waals surface area contributed by atoms with Crippen molar-refractivity contribution in [1.82, 2.24) is 9.88 Å². The van der Waals surface area contributed by atoms with E-state index >= 15 is 0 Å². The van der Waals surface area contributed by atoms with Gasteiger partial charge in [-0.15, -0.1) is 11.6 Å². The van der Waals surface area contributed by atoms with Crippen molar-refractivity contribution in [2.24, 2.45) is 5.92 Å². The quantitative estimate of drug-likeness (QED) is 0.764. The number of piperidine rings is 1. The van der Waals surface area contributed by atoms with Crippen LogP contribution in [0.15, 0.2) is 4.42 Å². The van der Waals surface area contributed by atoms with Gasteiger partial charge in [0.15, 0.2) is 5.89 Å². The molecular formula is C12H17ClN2O2. The third kappa shape index (κ3) is 2.63. The van der Waals surface area contributed by atoms with Crippen LogP contribution in [0, 0.1) is 19.8 Å². The molecule has 4 nitrogen and oxygen atoms in total. The molecule has 1 aromatic heterocycles. The number of carbonyl (C=O) groups is 1. The monoisotopic (exact) mass is 256 g/mol. The zero-order valence-electron chi connectivity index (χ0n) is 10.2. The molecule has 0 aromatic carbocycles. The fourth-order valence-electron chi connectivity index (χ4n) is 2.25. The second-order valence-electron chi connectivity index (χ2n) is 4.56. The number of oxazole rings is 1.